The Labute approximate surface area is 131 Å². The lowest BCUT2D eigenvalue weighted by atomic mass is 9.99. The van der Waals surface area contributed by atoms with Crippen molar-refractivity contribution in [2.45, 2.75) is 31.1 Å². The Kier molecular flexibility index (Phi) is 4.84. The van der Waals surface area contributed by atoms with E-state index in [1.54, 1.807) is 24.3 Å². The van der Waals surface area contributed by atoms with Crippen LogP contribution in [0, 0.1) is 11.3 Å². The quantitative estimate of drug-likeness (QED) is 0.786. The molecule has 2 aromatic carbocycles. The van der Waals surface area contributed by atoms with Gasteiger partial charge in [0.1, 0.15) is 11.0 Å². The Bertz CT molecular complexity index is 789. The highest BCUT2D eigenvalue weighted by molar-refractivity contribution is 7.87. The Hall–Kier alpha value is -2.32. The van der Waals surface area contributed by atoms with Crippen LogP contribution in [-0.2, 0) is 10.1 Å². The summed E-state index contributed by atoms with van der Waals surface area (Å²) < 4.78 is 29.7. The largest absolute Gasteiger partial charge is 0.378 e. The Balaban J connectivity index is 2.29. The van der Waals surface area contributed by atoms with E-state index in [0.717, 1.165) is 12.0 Å². The molecule has 2 rings (SSSR count). The first kappa shape index (κ1) is 16.1. The van der Waals surface area contributed by atoms with Crippen molar-refractivity contribution in [3.8, 4) is 11.8 Å². The van der Waals surface area contributed by atoms with Gasteiger partial charge in [0.25, 0.3) is 0 Å². The molecule has 0 saturated carbocycles. The van der Waals surface area contributed by atoms with Gasteiger partial charge in [-0.1, -0.05) is 38.1 Å². The van der Waals surface area contributed by atoms with Crippen LogP contribution < -0.4 is 4.18 Å². The number of para-hydroxylation sites is 1. The molecule has 0 N–H and O–H groups in total. The lowest BCUT2D eigenvalue weighted by molar-refractivity contribution is 0.485. The van der Waals surface area contributed by atoms with Crippen LogP contribution in [0.25, 0.3) is 0 Å². The molecule has 4 nitrogen and oxygen atoms in total. The van der Waals surface area contributed by atoms with Gasteiger partial charge in [-0.15, -0.1) is 0 Å². The fraction of sp³-hybridized carbons (Fsp3) is 0.235. The van der Waals surface area contributed by atoms with Crippen molar-refractivity contribution in [3.63, 3.8) is 0 Å². The highest BCUT2D eigenvalue weighted by Crippen LogP contribution is 2.24. The van der Waals surface area contributed by atoms with E-state index in [1.807, 2.05) is 6.07 Å². The number of hydrogen-bond donors (Lipinski definition) is 0. The molecular formula is C17H17NO3S. The molecule has 1 unspecified atom stereocenters. The molecule has 0 aromatic heterocycles. The third-order valence-electron chi connectivity index (χ3n) is 3.56. The second kappa shape index (κ2) is 6.63. The zero-order valence-corrected chi connectivity index (χ0v) is 13.3. The lowest BCUT2D eigenvalue weighted by Crippen LogP contribution is -2.10. The molecule has 1 atom stereocenters. The molecule has 0 radical (unpaired) electrons. The minimum atomic E-state index is -3.95. The molecule has 5 heteroatoms. The molecule has 0 saturated heterocycles. The van der Waals surface area contributed by atoms with Gasteiger partial charge in [-0.2, -0.15) is 13.7 Å². The van der Waals surface area contributed by atoms with E-state index in [0.29, 0.717) is 5.92 Å². The number of benzene rings is 2. The molecule has 0 aliphatic heterocycles. The summed E-state index contributed by atoms with van der Waals surface area (Å²) in [7, 11) is -3.95. The van der Waals surface area contributed by atoms with Crippen molar-refractivity contribution in [2.24, 2.45) is 0 Å². The molecular weight excluding hydrogens is 298 g/mol. The van der Waals surface area contributed by atoms with Crippen LogP contribution in [0.2, 0.25) is 0 Å². The van der Waals surface area contributed by atoms with Crippen molar-refractivity contribution in [1.29, 1.82) is 5.26 Å². The second-order valence-electron chi connectivity index (χ2n) is 5.02. The molecule has 0 amide bonds. The van der Waals surface area contributed by atoms with Crippen LogP contribution >= 0.6 is 0 Å². The topological polar surface area (TPSA) is 67.2 Å². The summed E-state index contributed by atoms with van der Waals surface area (Å²) in [6.07, 6.45) is 0.984. The van der Waals surface area contributed by atoms with E-state index < -0.39 is 10.1 Å². The SMILES string of the molecule is CCC(C)c1ccc(S(=O)(=O)Oc2ccccc2C#N)cc1. The van der Waals surface area contributed by atoms with Crippen LogP contribution in [0.3, 0.4) is 0 Å². The van der Waals surface area contributed by atoms with Crippen LogP contribution in [-0.4, -0.2) is 8.42 Å². The molecule has 0 fully saturated rings. The van der Waals surface area contributed by atoms with Gasteiger partial charge >= 0.3 is 10.1 Å². The van der Waals surface area contributed by atoms with Crippen molar-refractivity contribution in [1.82, 2.24) is 0 Å². The summed E-state index contributed by atoms with van der Waals surface area (Å²) >= 11 is 0. The van der Waals surface area contributed by atoms with Gasteiger partial charge in [-0.3, -0.25) is 0 Å². The highest BCUT2D eigenvalue weighted by atomic mass is 32.2. The maximum Gasteiger partial charge on any atom is 0.339 e. The summed E-state index contributed by atoms with van der Waals surface area (Å²) in [6, 6.07) is 14.8. The maximum atomic E-state index is 12.3. The number of hydrogen-bond acceptors (Lipinski definition) is 4. The van der Waals surface area contributed by atoms with Crippen LogP contribution in [0.4, 0.5) is 0 Å². The van der Waals surface area contributed by atoms with Crippen molar-refractivity contribution < 1.29 is 12.6 Å². The number of nitrogens with zero attached hydrogens (tertiary/aromatic N) is 1. The third kappa shape index (κ3) is 3.46. The number of nitriles is 1. The predicted octanol–water partition coefficient (Wildman–Crippen LogP) is 3.84. The zero-order valence-electron chi connectivity index (χ0n) is 12.5. The molecule has 0 aliphatic rings. The molecule has 2 aromatic rings. The van der Waals surface area contributed by atoms with E-state index in [2.05, 4.69) is 13.8 Å². The molecule has 0 aliphatic carbocycles. The summed E-state index contributed by atoms with van der Waals surface area (Å²) in [5.41, 5.74) is 1.26. The van der Waals surface area contributed by atoms with Crippen molar-refractivity contribution in [2.75, 3.05) is 0 Å². The first-order chi connectivity index (χ1) is 10.5. The molecule has 0 heterocycles. The molecule has 0 spiro atoms. The fourth-order valence-electron chi connectivity index (χ4n) is 2.00. The monoisotopic (exact) mass is 315 g/mol. The Morgan fingerprint density at radius 3 is 2.36 bits per heavy atom. The van der Waals surface area contributed by atoms with Crippen LogP contribution in [0.1, 0.15) is 37.3 Å². The normalized spacial score (nSPS) is 12.4. The van der Waals surface area contributed by atoms with Gasteiger partial charge in [0.15, 0.2) is 5.75 Å². The van der Waals surface area contributed by atoms with Gasteiger partial charge in [0, 0.05) is 0 Å². The summed E-state index contributed by atoms with van der Waals surface area (Å²) in [6.45, 7) is 4.17. The minimum absolute atomic E-state index is 0.0380. The summed E-state index contributed by atoms with van der Waals surface area (Å²) in [4.78, 5) is 0.0762. The smallest absolute Gasteiger partial charge is 0.339 e. The summed E-state index contributed by atoms with van der Waals surface area (Å²) in [5.74, 6) is 0.410. The number of rotatable bonds is 5. The third-order valence-corrected chi connectivity index (χ3v) is 4.81. The Morgan fingerprint density at radius 2 is 1.77 bits per heavy atom. The molecule has 22 heavy (non-hydrogen) atoms. The average Bonchev–Trinajstić information content (AvgIpc) is 2.54. The van der Waals surface area contributed by atoms with E-state index in [9.17, 15) is 8.42 Å². The maximum absolute atomic E-state index is 12.3. The van der Waals surface area contributed by atoms with Crippen LogP contribution in [0.5, 0.6) is 5.75 Å². The lowest BCUT2D eigenvalue weighted by Gasteiger charge is -2.11. The standard InChI is InChI=1S/C17H17NO3S/c1-3-13(2)14-8-10-16(11-9-14)22(19,20)21-17-7-5-4-6-15(17)12-18/h4-11,13H,3H2,1-2H3. The van der Waals surface area contributed by atoms with Gasteiger partial charge in [0.05, 0.1) is 5.56 Å². The first-order valence-electron chi connectivity index (χ1n) is 7.01. The average molecular weight is 315 g/mol. The van der Waals surface area contributed by atoms with Gasteiger partial charge < -0.3 is 4.18 Å². The minimum Gasteiger partial charge on any atom is -0.378 e. The van der Waals surface area contributed by atoms with E-state index in [1.165, 1.54) is 24.3 Å². The molecule has 0 bridgehead atoms. The summed E-state index contributed by atoms with van der Waals surface area (Å²) in [5, 5.41) is 8.99. The Morgan fingerprint density at radius 1 is 1.14 bits per heavy atom. The predicted molar refractivity (Wildman–Crippen MR) is 84.1 cm³/mol. The van der Waals surface area contributed by atoms with E-state index in [-0.39, 0.29) is 16.2 Å². The zero-order chi connectivity index (χ0) is 16.2. The van der Waals surface area contributed by atoms with Crippen LogP contribution in [0.15, 0.2) is 53.4 Å². The van der Waals surface area contributed by atoms with Gasteiger partial charge in [0.2, 0.25) is 0 Å². The second-order valence-corrected chi connectivity index (χ2v) is 6.57. The first-order valence-corrected chi connectivity index (χ1v) is 8.42. The molecule has 114 valence electrons. The van der Waals surface area contributed by atoms with Gasteiger partial charge in [-0.05, 0) is 42.2 Å². The van der Waals surface area contributed by atoms with Crippen molar-refractivity contribution in [3.05, 3.63) is 59.7 Å². The van der Waals surface area contributed by atoms with E-state index in [4.69, 9.17) is 9.44 Å². The van der Waals surface area contributed by atoms with Crippen molar-refractivity contribution >= 4 is 10.1 Å². The highest BCUT2D eigenvalue weighted by Gasteiger charge is 2.18. The van der Waals surface area contributed by atoms with Gasteiger partial charge in [-0.25, -0.2) is 0 Å². The van der Waals surface area contributed by atoms with E-state index >= 15 is 0 Å². The fourth-order valence-corrected chi connectivity index (χ4v) is 2.94.